The number of hydrogen-bond donors (Lipinski definition) is 0. The number of amides is 1. The van der Waals surface area contributed by atoms with Crippen molar-refractivity contribution in [3.8, 4) is 0 Å². The molecule has 1 unspecified atom stereocenters. The van der Waals surface area contributed by atoms with E-state index in [9.17, 15) is 4.79 Å². The number of benzene rings is 1. The van der Waals surface area contributed by atoms with E-state index in [4.69, 9.17) is 20.8 Å². The van der Waals surface area contributed by atoms with Crippen LogP contribution >= 0.6 is 27.5 Å². The van der Waals surface area contributed by atoms with E-state index in [1.807, 2.05) is 25.7 Å². The summed E-state index contributed by atoms with van der Waals surface area (Å²) in [6.45, 7) is 17.9. The average molecular weight is 590 g/mol. The number of piperazine rings is 1. The highest BCUT2D eigenvalue weighted by molar-refractivity contribution is 9.10. The van der Waals surface area contributed by atoms with Gasteiger partial charge >= 0.3 is 6.09 Å². The molecule has 1 aliphatic rings. The molecule has 1 aliphatic heterocycles. The van der Waals surface area contributed by atoms with Crippen molar-refractivity contribution >= 4 is 58.7 Å². The van der Waals surface area contributed by atoms with Crippen LogP contribution in [0.3, 0.4) is 0 Å². The monoisotopic (exact) mass is 588 g/mol. The Labute approximate surface area is 221 Å². The maximum Gasteiger partial charge on any atom is 0.410 e. The summed E-state index contributed by atoms with van der Waals surface area (Å²) < 4.78 is 27.9. The van der Waals surface area contributed by atoms with E-state index < -0.39 is 19.7 Å². The summed E-state index contributed by atoms with van der Waals surface area (Å²) >= 11 is 9.58. The lowest BCUT2D eigenvalue weighted by Gasteiger charge is -2.44. The van der Waals surface area contributed by atoms with E-state index in [2.05, 4.69) is 59.8 Å². The van der Waals surface area contributed by atoms with Crippen LogP contribution in [0.1, 0.15) is 41.5 Å². The molecule has 0 bridgehead atoms. The number of carbonyl (C=O) groups excluding carboxylic acids is 1. The van der Waals surface area contributed by atoms with Crippen molar-refractivity contribution in [1.29, 1.82) is 0 Å². The Bertz CT molecular complexity index is 1100. The number of halogens is 3. The van der Waals surface area contributed by atoms with Gasteiger partial charge in [0.2, 0.25) is 5.28 Å². The second kappa shape index (κ2) is 10.1. The highest BCUT2D eigenvalue weighted by atomic mass is 79.9. The van der Waals surface area contributed by atoms with Crippen LogP contribution in [0.25, 0.3) is 10.9 Å². The molecule has 0 radical (unpaired) electrons. The molecule has 0 aliphatic carbocycles. The third-order valence-corrected chi connectivity index (χ3v) is 11.6. The van der Waals surface area contributed by atoms with E-state index in [0.29, 0.717) is 47.4 Å². The Morgan fingerprint density at radius 3 is 2.46 bits per heavy atom. The molecular weight excluding hydrogens is 555 g/mol. The van der Waals surface area contributed by atoms with Crippen molar-refractivity contribution in [3.05, 3.63) is 27.7 Å². The van der Waals surface area contributed by atoms with Crippen molar-refractivity contribution in [2.24, 2.45) is 0 Å². The fourth-order valence-corrected chi connectivity index (χ4v) is 5.27. The molecule has 0 saturated carbocycles. The van der Waals surface area contributed by atoms with Gasteiger partial charge in [0, 0.05) is 24.1 Å². The van der Waals surface area contributed by atoms with Crippen LogP contribution in [0, 0.1) is 5.82 Å². The fourth-order valence-electron chi connectivity index (χ4n) is 3.64. The van der Waals surface area contributed by atoms with Crippen molar-refractivity contribution in [2.45, 2.75) is 71.3 Å². The SMILES string of the molecule is CC(C)(C)OC(=O)N1CCN(c2nc(Cl)nc3cc(Br)cc(F)c23)C(CO[Si](C)(C)C(C)(C)C)C1. The Balaban J connectivity index is 2.00. The molecule has 2 aromatic rings. The second-order valence-electron chi connectivity index (χ2n) is 11.4. The number of anilines is 1. The molecular formula is C24H35BrClFN4O3Si. The van der Waals surface area contributed by atoms with Crippen LogP contribution in [-0.2, 0) is 9.16 Å². The van der Waals surface area contributed by atoms with Gasteiger partial charge in [0.1, 0.15) is 17.2 Å². The van der Waals surface area contributed by atoms with Gasteiger partial charge in [-0.2, -0.15) is 4.98 Å². The van der Waals surface area contributed by atoms with Crippen LogP contribution in [0.2, 0.25) is 23.4 Å². The predicted molar refractivity (Wildman–Crippen MR) is 144 cm³/mol. The molecule has 35 heavy (non-hydrogen) atoms. The summed E-state index contributed by atoms with van der Waals surface area (Å²) in [5, 5.41) is 0.338. The summed E-state index contributed by atoms with van der Waals surface area (Å²) in [6.07, 6.45) is -0.379. The maximum absolute atomic E-state index is 15.2. The van der Waals surface area contributed by atoms with Crippen LogP contribution < -0.4 is 4.90 Å². The highest BCUT2D eigenvalue weighted by Crippen LogP contribution is 2.38. The lowest BCUT2D eigenvalue weighted by molar-refractivity contribution is 0.0199. The lowest BCUT2D eigenvalue weighted by Crippen LogP contribution is -2.58. The van der Waals surface area contributed by atoms with Crippen LogP contribution in [0.15, 0.2) is 16.6 Å². The van der Waals surface area contributed by atoms with Gasteiger partial charge in [-0.1, -0.05) is 36.7 Å². The molecule has 3 rings (SSSR count). The topological polar surface area (TPSA) is 67.8 Å². The third-order valence-electron chi connectivity index (χ3n) is 6.52. The lowest BCUT2D eigenvalue weighted by atomic mass is 10.1. The van der Waals surface area contributed by atoms with Crippen LogP contribution in [0.4, 0.5) is 15.0 Å². The quantitative estimate of drug-likeness (QED) is 0.294. The third kappa shape index (κ3) is 6.64. The summed E-state index contributed by atoms with van der Waals surface area (Å²) in [5.41, 5.74) is -0.195. The zero-order valence-corrected chi connectivity index (χ0v) is 25.0. The Hall–Kier alpha value is -1.49. The van der Waals surface area contributed by atoms with Crippen molar-refractivity contribution < 1.29 is 18.3 Å². The van der Waals surface area contributed by atoms with Gasteiger partial charge in [0.25, 0.3) is 0 Å². The Morgan fingerprint density at radius 1 is 1.20 bits per heavy atom. The first-order chi connectivity index (χ1) is 16.0. The van der Waals surface area contributed by atoms with E-state index >= 15 is 4.39 Å². The zero-order valence-electron chi connectivity index (χ0n) is 21.7. The summed E-state index contributed by atoms with van der Waals surface area (Å²) in [4.78, 5) is 25.2. The number of nitrogens with zero attached hydrogens (tertiary/aromatic N) is 4. The van der Waals surface area contributed by atoms with Gasteiger partial charge in [0.15, 0.2) is 8.32 Å². The fraction of sp³-hybridized carbons (Fsp3) is 0.625. The molecule has 1 aromatic heterocycles. The van der Waals surface area contributed by atoms with Crippen molar-refractivity contribution in [2.75, 3.05) is 31.1 Å². The number of ether oxygens (including phenoxy) is 1. The Morgan fingerprint density at radius 2 is 1.86 bits per heavy atom. The normalized spacial score (nSPS) is 17.7. The smallest absolute Gasteiger partial charge is 0.410 e. The molecule has 1 amide bonds. The largest absolute Gasteiger partial charge is 0.444 e. The van der Waals surface area contributed by atoms with Crippen LogP contribution in [0.5, 0.6) is 0 Å². The van der Waals surface area contributed by atoms with E-state index in [-0.39, 0.29) is 22.5 Å². The summed E-state index contributed by atoms with van der Waals surface area (Å²) in [7, 11) is -2.09. The van der Waals surface area contributed by atoms with Crippen molar-refractivity contribution in [1.82, 2.24) is 14.9 Å². The molecule has 2 heterocycles. The van der Waals surface area contributed by atoms with Gasteiger partial charge in [0.05, 0.1) is 23.6 Å². The molecule has 1 aromatic carbocycles. The van der Waals surface area contributed by atoms with Gasteiger partial charge in [-0.3, -0.25) is 0 Å². The van der Waals surface area contributed by atoms with Gasteiger partial charge < -0.3 is 19.0 Å². The minimum atomic E-state index is -2.09. The van der Waals surface area contributed by atoms with Crippen LogP contribution in [-0.4, -0.2) is 67.2 Å². The number of aromatic nitrogens is 2. The molecule has 0 N–H and O–H groups in total. The molecule has 1 fully saturated rings. The first-order valence-corrected chi connectivity index (χ1v) is 15.8. The summed E-state index contributed by atoms with van der Waals surface area (Å²) in [5.74, 6) is -0.0441. The minimum Gasteiger partial charge on any atom is -0.444 e. The zero-order chi connectivity index (χ0) is 26.3. The average Bonchev–Trinajstić information content (AvgIpc) is 2.68. The molecule has 1 atom stereocenters. The van der Waals surface area contributed by atoms with E-state index in [1.54, 1.807) is 11.0 Å². The van der Waals surface area contributed by atoms with E-state index in [0.717, 1.165) is 0 Å². The first-order valence-electron chi connectivity index (χ1n) is 11.7. The maximum atomic E-state index is 15.2. The number of hydrogen-bond acceptors (Lipinski definition) is 6. The molecule has 194 valence electrons. The van der Waals surface area contributed by atoms with Gasteiger partial charge in [-0.25, -0.2) is 14.2 Å². The number of fused-ring (bicyclic) bond motifs is 1. The van der Waals surface area contributed by atoms with E-state index in [1.165, 1.54) is 6.07 Å². The minimum absolute atomic E-state index is 0.0145. The van der Waals surface area contributed by atoms with Crippen molar-refractivity contribution in [3.63, 3.8) is 0 Å². The van der Waals surface area contributed by atoms with Gasteiger partial charge in [-0.15, -0.1) is 0 Å². The Kier molecular flexibility index (Phi) is 8.11. The highest BCUT2D eigenvalue weighted by Gasteiger charge is 2.40. The number of rotatable bonds is 4. The molecule has 11 heteroatoms. The predicted octanol–water partition coefficient (Wildman–Crippen LogP) is 6.63. The number of carbonyl (C=O) groups is 1. The molecule has 7 nitrogen and oxygen atoms in total. The second-order valence-corrected chi connectivity index (χ2v) is 17.5. The van der Waals surface area contributed by atoms with Gasteiger partial charge in [-0.05, 0) is 62.6 Å². The first kappa shape index (κ1) is 28.1. The standard InChI is InChI=1S/C24H35BrClFN4O3Si/c1-23(2,3)34-22(32)30-9-10-31(16(13-30)14-33-35(7,8)24(4,5)6)20-19-17(27)11-15(25)12-18(19)28-21(26)29-20/h11-12,16H,9-10,13-14H2,1-8H3. The summed E-state index contributed by atoms with van der Waals surface area (Å²) in [6, 6.07) is 2.83. The molecule has 1 saturated heterocycles. The molecule has 0 spiro atoms.